The SMILES string of the molecule is CCCCCCCCCCCCCCCCCCCCCC(=O)O[C@H](COC(=O)CCCCCCCCCCCCCCCCC)COP(=O)(O)OC[C@@H](O)COP(=O)(O)OC[C@@H](COC(=O)CCCCCCCCCCCC)OC(=O)CCCCCCCCCCCCCC. The maximum atomic E-state index is 13.1. The van der Waals surface area contributed by atoms with Crippen LogP contribution in [0.15, 0.2) is 0 Å². The third-order valence-corrected chi connectivity index (χ3v) is 20.0. The number of hydrogen-bond acceptors (Lipinski definition) is 15. The van der Waals surface area contributed by atoms with Gasteiger partial charge in [0.1, 0.15) is 19.3 Å². The Hall–Kier alpha value is -1.94. The first-order chi connectivity index (χ1) is 46.7. The second-order valence-electron chi connectivity index (χ2n) is 27.7. The Balaban J connectivity index is 5.22. The first kappa shape index (κ1) is 94.1. The Morgan fingerprint density at radius 2 is 0.417 bits per heavy atom. The number of aliphatic hydroxyl groups is 1. The van der Waals surface area contributed by atoms with Crippen molar-refractivity contribution < 1.29 is 80.2 Å². The van der Waals surface area contributed by atoms with Gasteiger partial charge in [-0.3, -0.25) is 37.3 Å². The van der Waals surface area contributed by atoms with Crippen LogP contribution in [-0.2, 0) is 65.4 Å². The van der Waals surface area contributed by atoms with E-state index in [0.29, 0.717) is 25.7 Å². The second-order valence-corrected chi connectivity index (χ2v) is 30.7. The fraction of sp³-hybridized carbons (Fsp3) is 0.948. The van der Waals surface area contributed by atoms with E-state index in [4.69, 9.17) is 37.0 Å². The standard InChI is InChI=1S/C77H150O17P2/c1-5-9-13-17-21-25-29-32-34-35-36-37-39-41-44-48-52-56-60-64-77(82)94-73(68-88-75(80)62-58-54-50-46-43-40-38-33-30-26-22-18-14-10-6-2)70-92-96(85,86)90-66-71(78)65-89-95(83,84)91-69-72(67-87-74(79)61-57-53-49-45-28-24-20-16-12-8-4)93-76(81)63-59-55-51-47-42-31-27-23-19-15-11-7-3/h71-73,78H,5-70H2,1-4H3,(H,83,84)(H,85,86)/t71-,72+,73+/m0/s1. The molecule has 0 saturated carbocycles. The average Bonchev–Trinajstić information content (AvgIpc) is 1.36. The number of carbonyl (C=O) groups excluding carboxylic acids is 4. The van der Waals surface area contributed by atoms with E-state index in [9.17, 15) is 43.2 Å². The molecule has 0 fully saturated rings. The van der Waals surface area contributed by atoms with E-state index in [1.807, 2.05) is 0 Å². The summed E-state index contributed by atoms with van der Waals surface area (Å²) < 4.78 is 68.6. The zero-order valence-electron chi connectivity index (χ0n) is 62.4. The van der Waals surface area contributed by atoms with Crippen molar-refractivity contribution in [3.63, 3.8) is 0 Å². The van der Waals surface area contributed by atoms with Gasteiger partial charge in [0.2, 0.25) is 0 Å². The molecule has 0 bridgehead atoms. The second kappa shape index (κ2) is 71.5. The minimum atomic E-state index is -4.96. The highest BCUT2D eigenvalue weighted by Crippen LogP contribution is 2.45. The first-order valence-electron chi connectivity index (χ1n) is 40.3. The molecule has 0 aliphatic carbocycles. The number of phosphoric acid groups is 2. The van der Waals surface area contributed by atoms with Crippen LogP contribution in [0.4, 0.5) is 0 Å². The normalized spacial score (nSPS) is 13.9. The molecule has 0 aromatic carbocycles. The number of hydrogen-bond donors (Lipinski definition) is 3. The molecule has 0 aliphatic heterocycles. The number of esters is 4. The predicted octanol–water partition coefficient (Wildman–Crippen LogP) is 23.0. The molecule has 0 spiro atoms. The number of ether oxygens (including phenoxy) is 4. The number of aliphatic hydroxyl groups excluding tert-OH is 1. The van der Waals surface area contributed by atoms with Crippen LogP contribution in [0.1, 0.15) is 413 Å². The van der Waals surface area contributed by atoms with Crippen molar-refractivity contribution in [2.75, 3.05) is 39.6 Å². The highest BCUT2D eigenvalue weighted by Gasteiger charge is 2.30. The molecule has 0 aromatic rings. The van der Waals surface area contributed by atoms with Gasteiger partial charge in [0.15, 0.2) is 12.2 Å². The van der Waals surface area contributed by atoms with Gasteiger partial charge in [0, 0.05) is 25.7 Å². The lowest BCUT2D eigenvalue weighted by atomic mass is 10.0. The topological polar surface area (TPSA) is 237 Å². The molecule has 0 rings (SSSR count). The maximum Gasteiger partial charge on any atom is 0.472 e. The highest BCUT2D eigenvalue weighted by atomic mass is 31.2. The Bertz CT molecular complexity index is 1830. The van der Waals surface area contributed by atoms with Crippen molar-refractivity contribution in [2.45, 2.75) is 431 Å². The molecule has 96 heavy (non-hydrogen) atoms. The van der Waals surface area contributed by atoms with E-state index in [0.717, 1.165) is 89.9 Å². The maximum absolute atomic E-state index is 13.1. The van der Waals surface area contributed by atoms with Crippen molar-refractivity contribution in [3.8, 4) is 0 Å². The zero-order chi connectivity index (χ0) is 70.4. The lowest BCUT2D eigenvalue weighted by Gasteiger charge is -2.21. The molecular formula is C77H150O17P2. The van der Waals surface area contributed by atoms with Gasteiger partial charge in [-0.25, -0.2) is 9.13 Å². The zero-order valence-corrected chi connectivity index (χ0v) is 64.1. The summed E-state index contributed by atoms with van der Waals surface area (Å²) in [6, 6.07) is 0. The lowest BCUT2D eigenvalue weighted by Crippen LogP contribution is -2.30. The highest BCUT2D eigenvalue weighted by molar-refractivity contribution is 7.47. The van der Waals surface area contributed by atoms with Crippen LogP contribution < -0.4 is 0 Å². The number of carbonyl (C=O) groups is 4. The smallest absolute Gasteiger partial charge is 0.462 e. The van der Waals surface area contributed by atoms with Crippen LogP contribution >= 0.6 is 15.6 Å². The van der Waals surface area contributed by atoms with Gasteiger partial charge in [-0.1, -0.05) is 362 Å². The molecule has 2 unspecified atom stereocenters. The van der Waals surface area contributed by atoms with Gasteiger partial charge in [0.05, 0.1) is 26.4 Å². The summed E-state index contributed by atoms with van der Waals surface area (Å²) in [6.45, 7) is 4.99. The summed E-state index contributed by atoms with van der Waals surface area (Å²) in [4.78, 5) is 72.8. The van der Waals surface area contributed by atoms with Crippen LogP contribution in [-0.4, -0.2) is 96.7 Å². The fourth-order valence-electron chi connectivity index (χ4n) is 11.9. The summed E-state index contributed by atoms with van der Waals surface area (Å²) in [5, 5.41) is 10.6. The van der Waals surface area contributed by atoms with Gasteiger partial charge in [-0.05, 0) is 25.7 Å². The molecule has 0 saturated heterocycles. The van der Waals surface area contributed by atoms with Crippen LogP contribution in [0.2, 0.25) is 0 Å². The number of unbranched alkanes of at least 4 members (excludes halogenated alkanes) is 52. The molecule has 17 nitrogen and oxygen atoms in total. The Morgan fingerprint density at radius 1 is 0.250 bits per heavy atom. The molecule has 3 N–H and O–H groups in total. The molecule has 0 heterocycles. The van der Waals surface area contributed by atoms with Gasteiger partial charge in [-0.15, -0.1) is 0 Å². The fourth-order valence-corrected chi connectivity index (χ4v) is 13.5. The van der Waals surface area contributed by atoms with Gasteiger partial charge in [-0.2, -0.15) is 0 Å². The van der Waals surface area contributed by atoms with Gasteiger partial charge >= 0.3 is 39.5 Å². The molecule has 0 aromatic heterocycles. The van der Waals surface area contributed by atoms with Crippen LogP contribution in [0.25, 0.3) is 0 Å². The van der Waals surface area contributed by atoms with Crippen molar-refractivity contribution in [1.29, 1.82) is 0 Å². The quantitative estimate of drug-likeness (QED) is 0.0222. The number of rotatable bonds is 78. The third-order valence-electron chi connectivity index (χ3n) is 18.1. The Morgan fingerprint density at radius 3 is 0.615 bits per heavy atom. The summed E-state index contributed by atoms with van der Waals surface area (Å²) in [5.74, 6) is -2.11. The van der Waals surface area contributed by atoms with Gasteiger partial charge < -0.3 is 33.8 Å². The van der Waals surface area contributed by atoms with E-state index in [1.165, 1.54) is 244 Å². The lowest BCUT2D eigenvalue weighted by molar-refractivity contribution is -0.161. The predicted molar refractivity (Wildman–Crippen MR) is 391 cm³/mol. The monoisotopic (exact) mass is 1410 g/mol. The minimum absolute atomic E-state index is 0.108. The minimum Gasteiger partial charge on any atom is -0.462 e. The largest absolute Gasteiger partial charge is 0.472 e. The summed E-state index contributed by atoms with van der Waals surface area (Å²) in [7, 11) is -9.91. The Kier molecular flexibility index (Phi) is 70.0. The molecule has 0 aliphatic rings. The van der Waals surface area contributed by atoms with Crippen LogP contribution in [0.5, 0.6) is 0 Å². The van der Waals surface area contributed by atoms with Crippen molar-refractivity contribution >= 4 is 39.5 Å². The molecule has 5 atom stereocenters. The summed E-state index contributed by atoms with van der Waals surface area (Å²) >= 11 is 0. The Labute approximate surface area is 588 Å². The van der Waals surface area contributed by atoms with E-state index in [-0.39, 0.29) is 25.7 Å². The first-order valence-corrected chi connectivity index (χ1v) is 43.3. The molecular weight excluding hydrogens is 1260 g/mol. The average molecular weight is 1410 g/mol. The van der Waals surface area contributed by atoms with Gasteiger partial charge in [0.25, 0.3) is 0 Å². The van der Waals surface area contributed by atoms with Crippen molar-refractivity contribution in [3.05, 3.63) is 0 Å². The van der Waals surface area contributed by atoms with Crippen molar-refractivity contribution in [2.24, 2.45) is 0 Å². The van der Waals surface area contributed by atoms with E-state index in [2.05, 4.69) is 27.7 Å². The van der Waals surface area contributed by atoms with E-state index >= 15 is 0 Å². The summed E-state index contributed by atoms with van der Waals surface area (Å²) in [5.41, 5.74) is 0. The number of phosphoric ester groups is 2. The summed E-state index contributed by atoms with van der Waals surface area (Å²) in [6.07, 6.45) is 62.3. The van der Waals surface area contributed by atoms with E-state index < -0.39 is 97.5 Å². The van der Waals surface area contributed by atoms with Crippen LogP contribution in [0, 0.1) is 0 Å². The van der Waals surface area contributed by atoms with Crippen molar-refractivity contribution in [1.82, 2.24) is 0 Å². The molecule has 0 amide bonds. The van der Waals surface area contributed by atoms with E-state index in [1.54, 1.807) is 0 Å². The molecule has 0 radical (unpaired) electrons. The molecule has 19 heteroatoms. The third kappa shape index (κ3) is 70.5. The molecule has 570 valence electrons. The van der Waals surface area contributed by atoms with Crippen LogP contribution in [0.3, 0.4) is 0 Å².